The summed E-state index contributed by atoms with van der Waals surface area (Å²) in [7, 11) is 0. The maximum Gasteiger partial charge on any atom is 0.219 e. The van der Waals surface area contributed by atoms with E-state index in [-0.39, 0.29) is 5.95 Å². The monoisotopic (exact) mass is 445 g/mol. The summed E-state index contributed by atoms with van der Waals surface area (Å²) in [6, 6.07) is 20.3. The van der Waals surface area contributed by atoms with Gasteiger partial charge in [0.25, 0.3) is 0 Å². The Morgan fingerprint density at radius 2 is 1.53 bits per heavy atom. The Balaban J connectivity index is 1.55. The van der Waals surface area contributed by atoms with Crippen molar-refractivity contribution in [2.24, 2.45) is 0 Å². The van der Waals surface area contributed by atoms with Gasteiger partial charge >= 0.3 is 0 Å². The summed E-state index contributed by atoms with van der Waals surface area (Å²) in [5.41, 5.74) is 17.7. The standard InChI is InChI=1S/C25H19N9/c26-23-20-22(18-11-28-25(27)29-12-18)33-34(24(20)31-14-30-23)13-17-10-16-8-4-5-9-19(16)32-21(17)15-6-2-1-3-7-15/h1-12,14H,13H2,(H2,26,30,31)(H2,27,28,29). The Bertz CT molecular complexity index is 1640. The Hall–Kier alpha value is -4.92. The zero-order valence-corrected chi connectivity index (χ0v) is 18.0. The van der Waals surface area contributed by atoms with E-state index in [0.717, 1.165) is 27.7 Å². The summed E-state index contributed by atoms with van der Waals surface area (Å²) >= 11 is 0. The van der Waals surface area contributed by atoms with E-state index in [2.05, 4.69) is 44.2 Å². The summed E-state index contributed by atoms with van der Waals surface area (Å²) in [6.07, 6.45) is 4.68. The van der Waals surface area contributed by atoms with Gasteiger partial charge in [0.15, 0.2) is 5.65 Å². The van der Waals surface area contributed by atoms with E-state index in [0.29, 0.717) is 34.7 Å². The third-order valence-electron chi connectivity index (χ3n) is 5.67. The lowest BCUT2D eigenvalue weighted by Gasteiger charge is -2.12. The lowest BCUT2D eigenvalue weighted by atomic mass is 10.0. The minimum absolute atomic E-state index is 0.187. The molecule has 0 aliphatic heterocycles. The summed E-state index contributed by atoms with van der Waals surface area (Å²) < 4.78 is 1.82. The van der Waals surface area contributed by atoms with Gasteiger partial charge in [-0.2, -0.15) is 5.10 Å². The smallest absolute Gasteiger partial charge is 0.219 e. The second-order valence-corrected chi connectivity index (χ2v) is 7.85. The van der Waals surface area contributed by atoms with Crippen LogP contribution < -0.4 is 11.5 Å². The molecule has 0 fully saturated rings. The molecule has 0 unspecified atom stereocenters. The number of nitrogens with zero attached hydrogens (tertiary/aromatic N) is 7. The molecule has 0 amide bonds. The average molecular weight is 445 g/mol. The molecular weight excluding hydrogens is 426 g/mol. The van der Waals surface area contributed by atoms with Crippen LogP contribution in [0.2, 0.25) is 0 Å². The third kappa shape index (κ3) is 3.36. The number of hydrogen-bond donors (Lipinski definition) is 2. The van der Waals surface area contributed by atoms with Crippen LogP contribution in [0.5, 0.6) is 0 Å². The zero-order chi connectivity index (χ0) is 23.1. The largest absolute Gasteiger partial charge is 0.383 e. The first-order valence-corrected chi connectivity index (χ1v) is 10.7. The maximum atomic E-state index is 6.24. The summed E-state index contributed by atoms with van der Waals surface area (Å²) in [6.45, 7) is 0.435. The molecule has 0 atom stereocenters. The number of hydrogen-bond acceptors (Lipinski definition) is 8. The molecule has 164 valence electrons. The molecule has 34 heavy (non-hydrogen) atoms. The molecule has 4 heterocycles. The lowest BCUT2D eigenvalue weighted by Crippen LogP contribution is -2.06. The SMILES string of the molecule is Nc1ncc(-c2nn(Cc3cc4ccccc4nc3-c3ccccc3)c3ncnc(N)c23)cn1. The van der Waals surface area contributed by atoms with E-state index in [1.807, 2.05) is 41.1 Å². The topological polar surface area (TPSA) is 134 Å². The van der Waals surface area contributed by atoms with E-state index in [9.17, 15) is 0 Å². The van der Waals surface area contributed by atoms with E-state index >= 15 is 0 Å². The van der Waals surface area contributed by atoms with E-state index < -0.39 is 0 Å². The Morgan fingerprint density at radius 3 is 2.35 bits per heavy atom. The minimum Gasteiger partial charge on any atom is -0.383 e. The molecule has 0 saturated heterocycles. The van der Waals surface area contributed by atoms with Gasteiger partial charge in [-0.3, -0.25) is 0 Å². The molecule has 0 bridgehead atoms. The van der Waals surface area contributed by atoms with Crippen LogP contribution >= 0.6 is 0 Å². The van der Waals surface area contributed by atoms with Crippen LogP contribution in [0.4, 0.5) is 11.8 Å². The summed E-state index contributed by atoms with van der Waals surface area (Å²) in [4.78, 5) is 21.8. The third-order valence-corrected chi connectivity index (χ3v) is 5.67. The molecule has 0 spiro atoms. The predicted molar refractivity (Wildman–Crippen MR) is 131 cm³/mol. The van der Waals surface area contributed by atoms with E-state index in [4.69, 9.17) is 21.5 Å². The van der Waals surface area contributed by atoms with Gasteiger partial charge in [-0.15, -0.1) is 0 Å². The van der Waals surface area contributed by atoms with Crippen LogP contribution in [-0.2, 0) is 6.54 Å². The number of anilines is 2. The second-order valence-electron chi connectivity index (χ2n) is 7.85. The highest BCUT2D eigenvalue weighted by atomic mass is 15.3. The van der Waals surface area contributed by atoms with Crippen LogP contribution in [0, 0.1) is 0 Å². The molecule has 0 aliphatic carbocycles. The molecule has 9 heteroatoms. The Labute approximate surface area is 194 Å². The van der Waals surface area contributed by atoms with E-state index in [1.54, 1.807) is 12.4 Å². The molecule has 6 aromatic rings. The number of para-hydroxylation sites is 1. The quantitative estimate of drug-likeness (QED) is 0.419. The molecule has 2 aromatic carbocycles. The van der Waals surface area contributed by atoms with Crippen molar-refractivity contribution >= 4 is 33.7 Å². The van der Waals surface area contributed by atoms with Gasteiger partial charge in [0, 0.05) is 34.5 Å². The van der Waals surface area contributed by atoms with Crippen LogP contribution in [0.3, 0.4) is 0 Å². The van der Waals surface area contributed by atoms with Crippen molar-refractivity contribution in [1.29, 1.82) is 0 Å². The molecule has 4 N–H and O–H groups in total. The molecule has 0 radical (unpaired) electrons. The van der Waals surface area contributed by atoms with Gasteiger partial charge in [-0.25, -0.2) is 29.6 Å². The van der Waals surface area contributed by atoms with Crippen molar-refractivity contribution in [1.82, 2.24) is 34.7 Å². The first-order chi connectivity index (χ1) is 16.7. The maximum absolute atomic E-state index is 6.24. The highest BCUT2D eigenvalue weighted by Gasteiger charge is 2.19. The molecule has 4 aromatic heterocycles. The van der Waals surface area contributed by atoms with Gasteiger partial charge in [-0.05, 0) is 12.1 Å². The fourth-order valence-electron chi connectivity index (χ4n) is 4.09. The Kier molecular flexibility index (Phi) is 4.58. The Morgan fingerprint density at radius 1 is 0.765 bits per heavy atom. The zero-order valence-electron chi connectivity index (χ0n) is 18.0. The highest BCUT2D eigenvalue weighted by Crippen LogP contribution is 2.32. The van der Waals surface area contributed by atoms with Crippen molar-refractivity contribution in [2.45, 2.75) is 6.54 Å². The van der Waals surface area contributed by atoms with Crippen molar-refractivity contribution in [3.05, 3.63) is 84.9 Å². The number of aromatic nitrogens is 7. The first kappa shape index (κ1) is 19.7. The molecule has 0 aliphatic rings. The van der Waals surface area contributed by atoms with Crippen LogP contribution in [0.1, 0.15) is 5.56 Å². The second kappa shape index (κ2) is 7.89. The predicted octanol–water partition coefficient (Wildman–Crippen LogP) is 3.71. The highest BCUT2D eigenvalue weighted by molar-refractivity contribution is 5.98. The molecule has 9 nitrogen and oxygen atoms in total. The fourth-order valence-corrected chi connectivity index (χ4v) is 4.09. The van der Waals surface area contributed by atoms with Gasteiger partial charge < -0.3 is 11.5 Å². The number of benzene rings is 2. The minimum atomic E-state index is 0.187. The van der Waals surface area contributed by atoms with Crippen molar-refractivity contribution in [3.8, 4) is 22.5 Å². The van der Waals surface area contributed by atoms with Crippen LogP contribution in [-0.4, -0.2) is 34.7 Å². The number of rotatable bonds is 4. The van der Waals surface area contributed by atoms with Gasteiger partial charge in [0.05, 0.1) is 23.1 Å². The number of pyridine rings is 1. The normalized spacial score (nSPS) is 11.3. The van der Waals surface area contributed by atoms with Crippen molar-refractivity contribution in [3.63, 3.8) is 0 Å². The number of fused-ring (bicyclic) bond motifs is 2. The number of nitrogens with two attached hydrogens (primary N) is 2. The van der Waals surface area contributed by atoms with Crippen molar-refractivity contribution in [2.75, 3.05) is 11.5 Å². The van der Waals surface area contributed by atoms with Gasteiger partial charge in [0.1, 0.15) is 17.8 Å². The van der Waals surface area contributed by atoms with Crippen LogP contribution in [0.15, 0.2) is 79.4 Å². The summed E-state index contributed by atoms with van der Waals surface area (Å²) in [5.74, 6) is 0.523. The first-order valence-electron chi connectivity index (χ1n) is 10.7. The van der Waals surface area contributed by atoms with Crippen molar-refractivity contribution < 1.29 is 0 Å². The molecule has 6 rings (SSSR count). The fraction of sp³-hybridized carbons (Fsp3) is 0.0400. The number of nitrogen functional groups attached to an aromatic ring is 2. The van der Waals surface area contributed by atoms with Gasteiger partial charge in [-0.1, -0.05) is 48.5 Å². The average Bonchev–Trinajstić information content (AvgIpc) is 3.24. The van der Waals surface area contributed by atoms with Crippen LogP contribution in [0.25, 0.3) is 44.5 Å². The lowest BCUT2D eigenvalue weighted by molar-refractivity contribution is 0.706. The summed E-state index contributed by atoms with van der Waals surface area (Å²) in [5, 5.41) is 6.54. The molecule has 0 saturated carbocycles. The molecular formula is C25H19N9. The van der Waals surface area contributed by atoms with E-state index in [1.165, 1.54) is 6.33 Å². The van der Waals surface area contributed by atoms with Gasteiger partial charge in [0.2, 0.25) is 5.95 Å².